The van der Waals surface area contributed by atoms with Gasteiger partial charge >= 0.3 is 0 Å². The van der Waals surface area contributed by atoms with Crippen LogP contribution in [0.4, 0.5) is 5.82 Å². The van der Waals surface area contributed by atoms with E-state index in [1.165, 1.54) is 25.9 Å². The smallest absolute Gasteiger partial charge is 0.133 e. The first kappa shape index (κ1) is 14.6. The molecule has 0 radical (unpaired) electrons. The highest BCUT2D eigenvalue weighted by molar-refractivity contribution is 6.17. The maximum Gasteiger partial charge on any atom is 0.133 e. The number of anilines is 1. The van der Waals surface area contributed by atoms with Crippen LogP contribution in [0, 0.1) is 0 Å². The number of para-hydroxylation sites is 1. The van der Waals surface area contributed by atoms with Crippen LogP contribution in [0.25, 0.3) is 10.9 Å². The van der Waals surface area contributed by atoms with Crippen molar-refractivity contribution in [2.24, 2.45) is 0 Å². The summed E-state index contributed by atoms with van der Waals surface area (Å²) in [6.07, 6.45) is 2.68. The number of fused-ring (bicyclic) bond motifs is 1. The SMILES string of the molecule is CN(CCN1CCCC1)c1nc2ccccc2cc1CCl. The first-order valence-corrected chi connectivity index (χ1v) is 8.19. The Labute approximate surface area is 131 Å². The van der Waals surface area contributed by atoms with E-state index in [-0.39, 0.29) is 0 Å². The lowest BCUT2D eigenvalue weighted by molar-refractivity contribution is 0.346. The number of rotatable bonds is 5. The summed E-state index contributed by atoms with van der Waals surface area (Å²) >= 11 is 6.13. The second-order valence-corrected chi connectivity index (χ2v) is 6.03. The summed E-state index contributed by atoms with van der Waals surface area (Å²) in [4.78, 5) is 9.58. The zero-order chi connectivity index (χ0) is 14.7. The normalized spacial score (nSPS) is 15.7. The Morgan fingerprint density at radius 3 is 2.76 bits per heavy atom. The van der Waals surface area contributed by atoms with Crippen LogP contribution >= 0.6 is 11.6 Å². The van der Waals surface area contributed by atoms with Crippen molar-refractivity contribution in [2.45, 2.75) is 18.7 Å². The van der Waals surface area contributed by atoms with E-state index in [0.29, 0.717) is 5.88 Å². The highest BCUT2D eigenvalue weighted by Crippen LogP contribution is 2.24. The van der Waals surface area contributed by atoms with Gasteiger partial charge < -0.3 is 9.80 Å². The minimum Gasteiger partial charge on any atom is -0.358 e. The van der Waals surface area contributed by atoms with Crippen molar-refractivity contribution in [3.05, 3.63) is 35.9 Å². The van der Waals surface area contributed by atoms with E-state index in [4.69, 9.17) is 16.6 Å². The second kappa shape index (κ2) is 6.63. The lowest BCUT2D eigenvalue weighted by Gasteiger charge is -2.24. The van der Waals surface area contributed by atoms with Gasteiger partial charge in [-0.3, -0.25) is 0 Å². The Hall–Kier alpha value is -1.32. The highest BCUT2D eigenvalue weighted by Gasteiger charge is 2.14. The molecule has 1 aliphatic heterocycles. The van der Waals surface area contributed by atoms with E-state index in [2.05, 4.69) is 35.0 Å². The van der Waals surface area contributed by atoms with Gasteiger partial charge in [0.25, 0.3) is 0 Å². The van der Waals surface area contributed by atoms with Crippen LogP contribution in [0.3, 0.4) is 0 Å². The quantitative estimate of drug-likeness (QED) is 0.788. The third-order valence-corrected chi connectivity index (χ3v) is 4.52. The average molecular weight is 304 g/mol. The van der Waals surface area contributed by atoms with E-state index in [0.717, 1.165) is 35.4 Å². The first-order chi connectivity index (χ1) is 10.3. The molecular weight excluding hydrogens is 282 g/mol. The van der Waals surface area contributed by atoms with Crippen molar-refractivity contribution >= 4 is 28.3 Å². The molecule has 1 aliphatic rings. The van der Waals surface area contributed by atoms with Gasteiger partial charge in [-0.25, -0.2) is 4.98 Å². The molecule has 112 valence electrons. The number of halogens is 1. The van der Waals surface area contributed by atoms with Crippen LogP contribution < -0.4 is 4.90 Å². The van der Waals surface area contributed by atoms with E-state index in [1.807, 2.05) is 12.1 Å². The van der Waals surface area contributed by atoms with Gasteiger partial charge in [0.15, 0.2) is 0 Å². The highest BCUT2D eigenvalue weighted by atomic mass is 35.5. The Kier molecular flexibility index (Phi) is 4.61. The molecule has 3 rings (SSSR count). The summed E-state index contributed by atoms with van der Waals surface area (Å²) < 4.78 is 0. The Morgan fingerprint density at radius 1 is 1.24 bits per heavy atom. The average Bonchev–Trinajstić information content (AvgIpc) is 3.04. The van der Waals surface area contributed by atoms with E-state index in [1.54, 1.807) is 0 Å². The third-order valence-electron chi connectivity index (χ3n) is 4.24. The molecule has 2 aromatic rings. The molecule has 1 saturated heterocycles. The van der Waals surface area contributed by atoms with Crippen LogP contribution in [0.1, 0.15) is 18.4 Å². The van der Waals surface area contributed by atoms with Gasteiger partial charge in [-0.1, -0.05) is 18.2 Å². The maximum atomic E-state index is 6.13. The zero-order valence-electron chi connectivity index (χ0n) is 12.6. The molecule has 1 aromatic carbocycles. The van der Waals surface area contributed by atoms with Crippen molar-refractivity contribution in [1.82, 2.24) is 9.88 Å². The molecule has 0 amide bonds. The molecular formula is C17H22ClN3. The molecule has 0 bridgehead atoms. The second-order valence-electron chi connectivity index (χ2n) is 5.77. The summed E-state index contributed by atoms with van der Waals surface area (Å²) in [5.41, 5.74) is 2.15. The number of alkyl halides is 1. The van der Waals surface area contributed by atoms with Crippen LogP contribution in [0.2, 0.25) is 0 Å². The fourth-order valence-electron chi connectivity index (χ4n) is 2.98. The summed E-state index contributed by atoms with van der Waals surface area (Å²) in [7, 11) is 2.11. The van der Waals surface area contributed by atoms with Gasteiger partial charge in [-0.05, 0) is 38.1 Å². The predicted octanol–water partition coefficient (Wildman–Crippen LogP) is 3.51. The molecule has 1 fully saturated rings. The standard InChI is InChI=1S/C17H22ClN3/c1-20(10-11-21-8-4-5-9-21)17-15(13-18)12-14-6-2-3-7-16(14)19-17/h2-3,6-7,12H,4-5,8-11,13H2,1H3. The molecule has 21 heavy (non-hydrogen) atoms. The summed E-state index contributed by atoms with van der Waals surface area (Å²) in [5, 5.41) is 1.16. The van der Waals surface area contributed by atoms with E-state index >= 15 is 0 Å². The monoisotopic (exact) mass is 303 g/mol. The number of benzene rings is 1. The van der Waals surface area contributed by atoms with Gasteiger partial charge in [0.05, 0.1) is 11.4 Å². The molecule has 0 spiro atoms. The van der Waals surface area contributed by atoms with Crippen LogP contribution in [-0.2, 0) is 5.88 Å². The molecule has 0 atom stereocenters. The first-order valence-electron chi connectivity index (χ1n) is 7.66. The van der Waals surface area contributed by atoms with Gasteiger partial charge in [-0.2, -0.15) is 0 Å². The van der Waals surface area contributed by atoms with Gasteiger partial charge in [0.1, 0.15) is 5.82 Å². The van der Waals surface area contributed by atoms with Crippen LogP contribution in [0.15, 0.2) is 30.3 Å². The predicted molar refractivity (Wildman–Crippen MR) is 90.2 cm³/mol. The molecule has 1 aromatic heterocycles. The Bertz CT molecular complexity index is 608. The van der Waals surface area contributed by atoms with Crippen LogP contribution in [-0.4, -0.2) is 43.1 Å². The van der Waals surface area contributed by atoms with Crippen molar-refractivity contribution < 1.29 is 0 Å². The number of pyridine rings is 1. The Morgan fingerprint density at radius 2 is 2.00 bits per heavy atom. The fourth-order valence-corrected chi connectivity index (χ4v) is 3.18. The fraction of sp³-hybridized carbons (Fsp3) is 0.471. The molecule has 3 nitrogen and oxygen atoms in total. The van der Waals surface area contributed by atoms with Gasteiger partial charge in [0, 0.05) is 31.1 Å². The molecule has 2 heterocycles. The van der Waals surface area contributed by atoms with E-state index < -0.39 is 0 Å². The number of nitrogens with zero attached hydrogens (tertiary/aromatic N) is 3. The molecule has 0 saturated carbocycles. The number of hydrogen-bond acceptors (Lipinski definition) is 3. The van der Waals surface area contributed by atoms with Crippen molar-refractivity contribution in [3.8, 4) is 0 Å². The Balaban J connectivity index is 1.80. The van der Waals surface area contributed by atoms with E-state index in [9.17, 15) is 0 Å². The number of likely N-dealkylation sites (tertiary alicyclic amines) is 1. The lowest BCUT2D eigenvalue weighted by atomic mass is 10.1. The van der Waals surface area contributed by atoms with Crippen LogP contribution in [0.5, 0.6) is 0 Å². The van der Waals surface area contributed by atoms with Crippen molar-refractivity contribution in [3.63, 3.8) is 0 Å². The number of aromatic nitrogens is 1. The summed E-state index contributed by atoms with van der Waals surface area (Å²) in [5.74, 6) is 1.52. The van der Waals surface area contributed by atoms with Gasteiger partial charge in [0.2, 0.25) is 0 Å². The maximum absolute atomic E-state index is 6.13. The number of hydrogen-bond donors (Lipinski definition) is 0. The zero-order valence-corrected chi connectivity index (χ0v) is 13.3. The van der Waals surface area contributed by atoms with Gasteiger partial charge in [-0.15, -0.1) is 11.6 Å². The molecule has 0 N–H and O–H groups in total. The minimum absolute atomic E-state index is 0.501. The largest absolute Gasteiger partial charge is 0.358 e. The minimum atomic E-state index is 0.501. The summed E-state index contributed by atoms with van der Waals surface area (Å²) in [6, 6.07) is 10.4. The topological polar surface area (TPSA) is 19.4 Å². The molecule has 0 unspecified atom stereocenters. The lowest BCUT2D eigenvalue weighted by Crippen LogP contribution is -2.32. The molecule has 4 heteroatoms. The number of likely N-dealkylation sites (N-methyl/N-ethyl adjacent to an activating group) is 1. The molecule has 0 aliphatic carbocycles. The van der Waals surface area contributed by atoms with Crippen molar-refractivity contribution in [2.75, 3.05) is 38.1 Å². The third kappa shape index (κ3) is 3.30. The van der Waals surface area contributed by atoms with Crippen molar-refractivity contribution in [1.29, 1.82) is 0 Å². The summed E-state index contributed by atoms with van der Waals surface area (Å²) in [6.45, 7) is 4.57.